The molecule has 0 fully saturated rings. The summed E-state index contributed by atoms with van der Waals surface area (Å²) in [5.41, 5.74) is 13.7. The minimum absolute atomic E-state index is 0. The number of aromatic amines is 3. The van der Waals surface area contributed by atoms with E-state index in [0.29, 0.717) is 58.9 Å². The van der Waals surface area contributed by atoms with Gasteiger partial charge in [0.25, 0.3) is 16.7 Å². The van der Waals surface area contributed by atoms with E-state index in [1.807, 2.05) is 84.6 Å². The van der Waals surface area contributed by atoms with Gasteiger partial charge in [0.05, 0.1) is 25.0 Å². The average Bonchev–Trinajstić information content (AvgIpc) is 1.75. The number of dihydropyridines is 1. The molecular formula is C78H115N15O11. The number of hydrogen-bond donors (Lipinski definition) is 10. The van der Waals surface area contributed by atoms with Crippen LogP contribution in [0.4, 0.5) is 0 Å². The van der Waals surface area contributed by atoms with Crippen LogP contribution in [0.25, 0.3) is 0 Å². The number of nitrogens with one attached hydrogen (secondary N) is 8. The fraction of sp³-hybridized carbons (Fsp3) is 0.423. The lowest BCUT2D eigenvalue weighted by Gasteiger charge is -2.12. The van der Waals surface area contributed by atoms with E-state index in [1.165, 1.54) is 51.8 Å². The van der Waals surface area contributed by atoms with Crippen molar-refractivity contribution in [2.75, 3.05) is 0 Å². The molecule has 0 spiro atoms. The number of aliphatic imine (C=N–C) groups is 3. The molecule has 0 aromatic carbocycles. The fourth-order valence-electron chi connectivity index (χ4n) is 8.27. The Hall–Kier alpha value is -11.0. The normalized spacial score (nSPS) is 12.9. The molecule has 0 bridgehead atoms. The number of ketones is 2. The fourth-order valence-corrected chi connectivity index (χ4v) is 8.27. The number of carbonyl (C=O) groups is 4. The van der Waals surface area contributed by atoms with Crippen LogP contribution in [0.1, 0.15) is 214 Å². The highest BCUT2D eigenvalue weighted by Gasteiger charge is 2.15. The van der Waals surface area contributed by atoms with E-state index in [1.54, 1.807) is 43.1 Å². The van der Waals surface area contributed by atoms with Crippen molar-refractivity contribution in [2.24, 2.45) is 38.6 Å². The van der Waals surface area contributed by atoms with Crippen molar-refractivity contribution < 1.29 is 29.4 Å². The summed E-state index contributed by atoms with van der Waals surface area (Å²) in [7, 11) is 0. The van der Waals surface area contributed by atoms with Gasteiger partial charge in [0.15, 0.2) is 0 Å². The molecule has 0 saturated carbocycles. The number of aromatic nitrogens is 7. The van der Waals surface area contributed by atoms with Crippen molar-refractivity contribution in [1.82, 2.24) is 60.7 Å². The molecule has 568 valence electrons. The monoisotopic (exact) mass is 1440 g/mol. The zero-order valence-electron chi connectivity index (χ0n) is 63.7. The third-order valence-electron chi connectivity index (χ3n) is 14.5. The molecular weight excluding hydrogens is 1320 g/mol. The number of aromatic carboxylic acids is 1. The standard InChI is InChI=1S/2C11H15NO2.C9H11NO3.C9H13N.2C8H12N2.C8H11NO.C7H11N3O3.C6H11N3.CH4/c1-8(2)10-4-5-12(7-9(3)13)11(14)6-10;1-8(2)10-4-5-11(14)12(7-10)6-9(3)13;1-5(2)6-3-7(9(12)13)8(11)10-4-6;1-7(2)9-4-5-10-8(3)6-9;1-6(2)8-4-9-7(3)10-5-8;1-6(2)8-5-9-7(3)4-10-8;1-6(2)7-3-4-8(10)9-5-7;1-4(2)6-8-9-7(13)10(6)3-5(11)12;1-4(2)6-7-5(3)8-9-6;/h4-6,8H,7H2,1-3H3;4-5,7-8H,6H2,1-3H3;3-5H,1-2H3,(H,10,11)(H,12,13);4-7,10H,3H2,1-2H3;2*4-6,9H,3H2,1-2H3;3-6H,1-2H3,(H,9,10);4H,3H2,1-2H3,(H,9,13)(H,11,12);4,8H,3H2,1-2H3,(H,7,9);1H4. The highest BCUT2D eigenvalue weighted by Crippen LogP contribution is 2.17. The highest BCUT2D eigenvalue weighted by atomic mass is 16.4. The number of nitrogens with zero attached hydrogens (tertiary/aromatic N) is 7. The van der Waals surface area contributed by atoms with Crippen LogP contribution in [0, 0.1) is 23.7 Å². The maximum atomic E-state index is 11.5. The van der Waals surface area contributed by atoms with Crippen molar-refractivity contribution >= 4 is 41.8 Å². The second-order valence-corrected chi connectivity index (χ2v) is 26.8. The molecule has 4 aliphatic heterocycles. The first-order chi connectivity index (χ1) is 48.0. The minimum Gasteiger partial charge on any atom is -0.480 e. The third-order valence-corrected chi connectivity index (χ3v) is 14.5. The number of hydrazine groups is 1. The third kappa shape index (κ3) is 36.5. The largest absolute Gasteiger partial charge is 0.480 e. The van der Waals surface area contributed by atoms with Gasteiger partial charge in [-0.15, -0.1) is 0 Å². The first-order valence-electron chi connectivity index (χ1n) is 34.0. The van der Waals surface area contributed by atoms with Gasteiger partial charge in [-0.2, -0.15) is 5.10 Å². The molecule has 0 saturated heterocycles. The average molecular weight is 1440 g/mol. The number of carboxylic acids is 2. The minimum atomic E-state index is -1.19. The lowest BCUT2D eigenvalue weighted by atomic mass is 10.0. The summed E-state index contributed by atoms with van der Waals surface area (Å²) in [6.07, 6.45) is 20.3. The molecule has 9 rings (SSSR count). The number of hydrogen-bond acceptors (Lipinski definition) is 18. The SMILES string of the molecule is C.C=C1C=C(C(C)C)C=CN1.C=C1C=NC(C(C)C)=CN1.C=C1N=C(C(C)C)NN1.C=C1N=CC(C(C)C)=CN1.CC(=O)Cn1cc(C(C)C)ccc1=O.CC(=O)Cn1ccc(C(C)C)cc1=O.CC(C)c1c[nH]c(=O)c(C(=O)O)c1.CC(C)c1ccc(=O)[nH]c1.CC(C)c1n[nH]c(=O)n1CC(=O)O. The van der Waals surface area contributed by atoms with Crippen LogP contribution in [0.2, 0.25) is 0 Å². The van der Waals surface area contributed by atoms with Crippen molar-refractivity contribution in [2.45, 2.75) is 195 Å². The van der Waals surface area contributed by atoms with Crippen LogP contribution in [0.5, 0.6) is 0 Å². The second-order valence-electron chi connectivity index (χ2n) is 26.8. The predicted molar refractivity (Wildman–Crippen MR) is 421 cm³/mol. The van der Waals surface area contributed by atoms with Gasteiger partial charge in [-0.3, -0.25) is 54.0 Å². The summed E-state index contributed by atoms with van der Waals surface area (Å²) >= 11 is 0. The number of allylic oxidation sites excluding steroid dienone is 6. The van der Waals surface area contributed by atoms with Gasteiger partial charge >= 0.3 is 17.6 Å². The maximum absolute atomic E-state index is 11.5. The summed E-state index contributed by atoms with van der Waals surface area (Å²) in [5, 5.41) is 32.1. The molecule has 104 heavy (non-hydrogen) atoms. The number of pyridine rings is 4. The quantitative estimate of drug-likeness (QED) is 0.0439. The lowest BCUT2D eigenvalue weighted by Crippen LogP contribution is -2.31. The highest BCUT2D eigenvalue weighted by molar-refractivity contribution is 5.87. The smallest absolute Gasteiger partial charge is 0.343 e. The van der Waals surface area contributed by atoms with E-state index in [0.717, 1.165) is 44.2 Å². The molecule has 0 atom stereocenters. The topological polar surface area (TPSA) is 366 Å². The van der Waals surface area contributed by atoms with Crippen molar-refractivity contribution in [1.29, 1.82) is 0 Å². The number of carbonyl (C=O) groups excluding carboxylic acids is 2. The molecule has 26 nitrogen and oxygen atoms in total. The Morgan fingerprint density at radius 1 is 0.529 bits per heavy atom. The molecule has 5 aromatic heterocycles. The van der Waals surface area contributed by atoms with E-state index in [9.17, 15) is 43.2 Å². The van der Waals surface area contributed by atoms with Gasteiger partial charge in [-0.05, 0) is 113 Å². The number of rotatable bonds is 16. The Balaban J connectivity index is 0.00000115. The summed E-state index contributed by atoms with van der Waals surface area (Å²) in [6.45, 7) is 54.6. The Labute approximate surface area is 612 Å². The molecule has 0 unspecified atom stereocenters. The van der Waals surface area contributed by atoms with E-state index < -0.39 is 23.2 Å². The molecule has 4 aliphatic rings. The van der Waals surface area contributed by atoms with E-state index in [2.05, 4.69) is 183 Å². The zero-order chi connectivity index (χ0) is 78.5. The number of carboxylic acid groups (broad SMARTS) is 2. The van der Waals surface area contributed by atoms with Crippen LogP contribution in [-0.4, -0.2) is 85.8 Å². The van der Waals surface area contributed by atoms with E-state index >= 15 is 0 Å². The Bertz CT molecular complexity index is 4160. The lowest BCUT2D eigenvalue weighted by molar-refractivity contribution is -0.137. The molecule has 0 radical (unpaired) electrons. The summed E-state index contributed by atoms with van der Waals surface area (Å²) in [4.78, 5) is 115. The van der Waals surface area contributed by atoms with Gasteiger partial charge in [-0.1, -0.05) is 171 Å². The predicted octanol–water partition coefficient (Wildman–Crippen LogP) is 12.4. The van der Waals surface area contributed by atoms with Crippen LogP contribution in [0.15, 0.2) is 203 Å². The van der Waals surface area contributed by atoms with E-state index in [4.69, 9.17) is 10.2 Å². The van der Waals surface area contributed by atoms with Crippen molar-refractivity contribution in [3.8, 4) is 0 Å². The number of Topliss-reactive ketones (excluding diaryl/α,β-unsaturated/α-hetero) is 2. The Morgan fingerprint density at radius 3 is 1.52 bits per heavy atom. The van der Waals surface area contributed by atoms with Gasteiger partial charge in [0, 0.05) is 91.0 Å². The Morgan fingerprint density at radius 2 is 1.11 bits per heavy atom. The molecule has 10 N–H and O–H groups in total. The number of H-pyrrole nitrogens is 3. The molecule has 0 amide bonds. The van der Waals surface area contributed by atoms with Gasteiger partial charge in [0.1, 0.15) is 47.0 Å². The first-order valence-corrected chi connectivity index (χ1v) is 34.0. The van der Waals surface area contributed by atoms with E-state index in [-0.39, 0.29) is 72.7 Å². The maximum Gasteiger partial charge on any atom is 0.343 e. The molecule has 9 heterocycles. The summed E-state index contributed by atoms with van der Waals surface area (Å²) < 4.78 is 4.00. The van der Waals surface area contributed by atoms with Crippen LogP contribution in [-0.2, 0) is 34.0 Å². The summed E-state index contributed by atoms with van der Waals surface area (Å²) in [6, 6.07) is 11.6. The van der Waals surface area contributed by atoms with Crippen molar-refractivity contribution in [3.63, 3.8) is 0 Å². The van der Waals surface area contributed by atoms with Crippen LogP contribution < -0.4 is 54.7 Å². The van der Waals surface area contributed by atoms with Crippen molar-refractivity contribution in [3.05, 3.63) is 250 Å². The Kier molecular flexibility index (Phi) is 42.2. The second kappa shape index (κ2) is 47.2. The van der Waals surface area contributed by atoms with Crippen LogP contribution >= 0.6 is 0 Å². The zero-order valence-corrected chi connectivity index (χ0v) is 63.7. The molecule has 0 aliphatic carbocycles. The first kappa shape index (κ1) is 93.0. The molecule has 26 heteroatoms. The van der Waals surface area contributed by atoms with Gasteiger partial charge in [0.2, 0.25) is 5.56 Å². The van der Waals surface area contributed by atoms with Gasteiger partial charge < -0.3 is 45.3 Å². The number of amidine groups is 1. The molecule has 5 aromatic rings. The van der Waals surface area contributed by atoms with Gasteiger partial charge in [-0.25, -0.2) is 24.7 Å². The number of aliphatic carboxylic acids is 1. The summed E-state index contributed by atoms with van der Waals surface area (Å²) in [5.74, 6) is 4.05. The van der Waals surface area contributed by atoms with Crippen LogP contribution in [0.3, 0.4) is 0 Å².